The van der Waals surface area contributed by atoms with Crippen LogP contribution in [0.25, 0.3) is 0 Å². The molecule has 1 N–H and O–H groups in total. The topological polar surface area (TPSA) is 47.6 Å². The van der Waals surface area contributed by atoms with Crippen molar-refractivity contribution in [2.45, 2.75) is 44.6 Å². The van der Waals surface area contributed by atoms with Crippen LogP contribution < -0.4 is 5.32 Å². The van der Waals surface area contributed by atoms with Crippen molar-refractivity contribution in [1.82, 2.24) is 5.32 Å². The molecule has 0 aliphatic heterocycles. The normalized spacial score (nSPS) is 23.8. The summed E-state index contributed by atoms with van der Waals surface area (Å²) in [5.41, 5.74) is 1.50. The van der Waals surface area contributed by atoms with E-state index in [4.69, 9.17) is 9.47 Å². The smallest absolute Gasteiger partial charge is 0.339 e. The molecule has 1 fully saturated rings. The first-order valence-corrected chi connectivity index (χ1v) is 7.52. The number of rotatable bonds is 5. The van der Waals surface area contributed by atoms with E-state index in [2.05, 4.69) is 5.32 Å². The van der Waals surface area contributed by atoms with Crippen LogP contribution >= 0.6 is 0 Å². The molecular weight excluding hydrogens is 254 g/mol. The third-order valence-electron chi connectivity index (χ3n) is 4.21. The minimum absolute atomic E-state index is 0.0377. The maximum Gasteiger partial charge on any atom is 0.339 e. The minimum atomic E-state index is -0.297. The van der Waals surface area contributed by atoms with E-state index in [9.17, 15) is 4.79 Å². The van der Waals surface area contributed by atoms with Crippen LogP contribution in [0.5, 0.6) is 0 Å². The average molecular weight is 279 g/mol. The molecule has 2 rings (SSSR count). The number of nitrogens with one attached hydrogen (secondary N) is 1. The highest BCUT2D eigenvalue weighted by atomic mass is 16.5. The molecule has 0 aromatic carbocycles. The monoisotopic (exact) mass is 279 g/mol. The number of methoxy groups -OCH3 is 2. The average Bonchev–Trinajstić information content (AvgIpc) is 2.53. The Bertz CT molecular complexity index is 395. The van der Waals surface area contributed by atoms with Crippen molar-refractivity contribution in [2.24, 2.45) is 5.92 Å². The van der Waals surface area contributed by atoms with Crippen LogP contribution in [0.1, 0.15) is 38.5 Å². The van der Waals surface area contributed by atoms with E-state index in [0.29, 0.717) is 5.57 Å². The Balaban J connectivity index is 1.96. The summed E-state index contributed by atoms with van der Waals surface area (Å²) in [6, 6.07) is 0. The second-order valence-electron chi connectivity index (χ2n) is 5.58. The summed E-state index contributed by atoms with van der Waals surface area (Å²) in [4.78, 5) is 11.9. The van der Waals surface area contributed by atoms with Gasteiger partial charge in [-0.25, -0.2) is 4.79 Å². The number of esters is 1. The molecule has 0 saturated heterocycles. The van der Waals surface area contributed by atoms with Crippen LogP contribution in [0.2, 0.25) is 0 Å². The lowest BCUT2D eigenvalue weighted by Crippen LogP contribution is -2.29. The van der Waals surface area contributed by atoms with Crippen LogP contribution in [0.4, 0.5) is 0 Å². The molecule has 2 aliphatic rings. The second kappa shape index (κ2) is 7.48. The molecule has 0 aromatic heterocycles. The van der Waals surface area contributed by atoms with Crippen LogP contribution in [-0.4, -0.2) is 32.8 Å². The zero-order valence-corrected chi connectivity index (χ0v) is 12.5. The SMILES string of the molecule is COC(=O)C1=CC(OC)CC=C1NCC1CCCCC1. The molecule has 0 heterocycles. The molecular formula is C16H25NO3. The first kappa shape index (κ1) is 15.1. The van der Waals surface area contributed by atoms with Gasteiger partial charge in [0.1, 0.15) is 0 Å². The highest BCUT2D eigenvalue weighted by Crippen LogP contribution is 2.25. The molecule has 0 bridgehead atoms. The largest absolute Gasteiger partial charge is 0.465 e. The lowest BCUT2D eigenvalue weighted by molar-refractivity contribution is -0.136. The zero-order valence-electron chi connectivity index (χ0n) is 12.5. The summed E-state index contributed by atoms with van der Waals surface area (Å²) in [5.74, 6) is 0.429. The van der Waals surface area contributed by atoms with Gasteiger partial charge in [0.05, 0.1) is 18.8 Å². The van der Waals surface area contributed by atoms with Crippen LogP contribution in [0.3, 0.4) is 0 Å². The van der Waals surface area contributed by atoms with Crippen molar-refractivity contribution in [3.05, 3.63) is 23.4 Å². The molecule has 1 unspecified atom stereocenters. The van der Waals surface area contributed by atoms with Gasteiger partial charge in [0.2, 0.25) is 0 Å². The molecule has 2 aliphatic carbocycles. The van der Waals surface area contributed by atoms with Gasteiger partial charge in [-0.05, 0) is 31.3 Å². The van der Waals surface area contributed by atoms with Gasteiger partial charge in [-0.2, -0.15) is 0 Å². The fourth-order valence-corrected chi connectivity index (χ4v) is 2.95. The Hall–Kier alpha value is -1.29. The molecule has 1 atom stereocenters. The lowest BCUT2D eigenvalue weighted by atomic mass is 9.89. The van der Waals surface area contributed by atoms with Gasteiger partial charge >= 0.3 is 5.97 Å². The molecule has 1 saturated carbocycles. The van der Waals surface area contributed by atoms with Crippen LogP contribution in [0.15, 0.2) is 23.4 Å². The number of carbonyl (C=O) groups excluding carboxylic acids is 1. The predicted molar refractivity (Wildman–Crippen MR) is 78.2 cm³/mol. The van der Waals surface area contributed by atoms with Crippen molar-refractivity contribution >= 4 is 5.97 Å². The van der Waals surface area contributed by atoms with Gasteiger partial charge < -0.3 is 14.8 Å². The van der Waals surface area contributed by atoms with Crippen LogP contribution in [0, 0.1) is 5.92 Å². The molecule has 4 nitrogen and oxygen atoms in total. The number of ether oxygens (including phenoxy) is 2. The van der Waals surface area contributed by atoms with E-state index in [-0.39, 0.29) is 12.1 Å². The third kappa shape index (κ3) is 3.85. The number of carbonyl (C=O) groups is 1. The molecule has 0 radical (unpaired) electrons. The first-order valence-electron chi connectivity index (χ1n) is 7.52. The third-order valence-corrected chi connectivity index (χ3v) is 4.21. The molecule has 0 spiro atoms. The second-order valence-corrected chi connectivity index (χ2v) is 5.58. The van der Waals surface area contributed by atoms with Gasteiger partial charge in [0, 0.05) is 19.4 Å². The molecule has 20 heavy (non-hydrogen) atoms. The number of hydrogen-bond acceptors (Lipinski definition) is 4. The fourth-order valence-electron chi connectivity index (χ4n) is 2.95. The fraction of sp³-hybridized carbons (Fsp3) is 0.688. The standard InChI is InChI=1S/C16H25NO3/c1-19-13-8-9-15(14(10-13)16(18)20-2)17-11-12-6-4-3-5-7-12/h9-10,12-13,17H,3-8,11H2,1-2H3. The van der Waals surface area contributed by atoms with Gasteiger partial charge in [-0.15, -0.1) is 0 Å². The van der Waals surface area contributed by atoms with Gasteiger partial charge in [-0.1, -0.05) is 25.3 Å². The lowest BCUT2D eigenvalue weighted by Gasteiger charge is -2.25. The van der Waals surface area contributed by atoms with Crippen LogP contribution in [-0.2, 0) is 14.3 Å². The van der Waals surface area contributed by atoms with Crippen molar-refractivity contribution in [2.75, 3.05) is 20.8 Å². The van der Waals surface area contributed by atoms with E-state index in [1.54, 1.807) is 7.11 Å². The molecule has 0 amide bonds. The minimum Gasteiger partial charge on any atom is -0.465 e. The molecule has 0 aromatic rings. The van der Waals surface area contributed by atoms with E-state index >= 15 is 0 Å². The Morgan fingerprint density at radius 1 is 1.30 bits per heavy atom. The van der Waals surface area contributed by atoms with Crippen molar-refractivity contribution in [3.63, 3.8) is 0 Å². The molecule has 4 heteroatoms. The summed E-state index contributed by atoms with van der Waals surface area (Å²) in [5, 5.41) is 3.44. The maximum atomic E-state index is 11.9. The quantitative estimate of drug-likeness (QED) is 0.786. The maximum absolute atomic E-state index is 11.9. The van der Waals surface area contributed by atoms with Gasteiger partial charge in [0.25, 0.3) is 0 Å². The predicted octanol–water partition coefficient (Wildman–Crippen LogP) is 2.56. The highest BCUT2D eigenvalue weighted by molar-refractivity contribution is 5.93. The molecule has 112 valence electrons. The van der Waals surface area contributed by atoms with E-state index in [0.717, 1.165) is 24.6 Å². The van der Waals surface area contributed by atoms with E-state index in [1.807, 2.05) is 12.2 Å². The van der Waals surface area contributed by atoms with E-state index < -0.39 is 0 Å². The van der Waals surface area contributed by atoms with Gasteiger partial charge in [0.15, 0.2) is 0 Å². The van der Waals surface area contributed by atoms with E-state index in [1.165, 1.54) is 39.2 Å². The summed E-state index contributed by atoms with van der Waals surface area (Å²) in [6.07, 6.45) is 11.3. The van der Waals surface area contributed by atoms with Crippen molar-refractivity contribution in [1.29, 1.82) is 0 Å². The van der Waals surface area contributed by atoms with Crippen molar-refractivity contribution in [3.8, 4) is 0 Å². The summed E-state index contributed by atoms with van der Waals surface area (Å²) < 4.78 is 10.2. The number of hydrogen-bond donors (Lipinski definition) is 1. The Kier molecular flexibility index (Phi) is 5.65. The summed E-state index contributed by atoms with van der Waals surface area (Å²) in [6.45, 7) is 0.942. The highest BCUT2D eigenvalue weighted by Gasteiger charge is 2.22. The Labute approximate surface area is 121 Å². The summed E-state index contributed by atoms with van der Waals surface area (Å²) >= 11 is 0. The van der Waals surface area contributed by atoms with Gasteiger partial charge in [-0.3, -0.25) is 0 Å². The Morgan fingerprint density at radius 2 is 2.05 bits per heavy atom. The Morgan fingerprint density at radius 3 is 2.70 bits per heavy atom. The summed E-state index contributed by atoms with van der Waals surface area (Å²) in [7, 11) is 3.07. The van der Waals surface area contributed by atoms with Crippen molar-refractivity contribution < 1.29 is 14.3 Å². The first-order chi connectivity index (χ1) is 9.74. The zero-order chi connectivity index (χ0) is 14.4.